The number of para-hydroxylation sites is 1. The van der Waals surface area contributed by atoms with E-state index < -0.39 is 11.9 Å². The molecule has 1 aliphatic carbocycles. The molecule has 180 valence electrons. The van der Waals surface area contributed by atoms with Crippen LogP contribution < -0.4 is 14.5 Å². The minimum Gasteiger partial charge on any atom is -0.426 e. The Kier molecular flexibility index (Phi) is 5.79. The highest BCUT2D eigenvalue weighted by Crippen LogP contribution is 2.39. The number of nitrogens with zero attached hydrogens (tertiary/aromatic N) is 2. The number of ether oxygens (including phenoxy) is 1. The molecule has 7 heteroatoms. The van der Waals surface area contributed by atoms with E-state index in [4.69, 9.17) is 4.74 Å². The lowest BCUT2D eigenvalue weighted by molar-refractivity contribution is -0.139. The van der Waals surface area contributed by atoms with Gasteiger partial charge in [-0.25, -0.2) is 4.90 Å². The van der Waals surface area contributed by atoms with E-state index in [1.165, 1.54) is 4.90 Å². The smallest absolute Gasteiger partial charge is 0.316 e. The van der Waals surface area contributed by atoms with E-state index >= 15 is 0 Å². The monoisotopic (exact) mass is 472 g/mol. The number of aryl methyl sites for hydroxylation is 3. The zero-order chi connectivity index (χ0) is 24.9. The maximum atomic E-state index is 12.9. The lowest BCUT2D eigenvalue weighted by atomic mass is 9.85. The van der Waals surface area contributed by atoms with Gasteiger partial charge in [0.15, 0.2) is 0 Å². The van der Waals surface area contributed by atoms with Gasteiger partial charge in [0.05, 0.1) is 23.4 Å². The third-order valence-electron chi connectivity index (χ3n) is 7.30. The van der Waals surface area contributed by atoms with E-state index in [1.54, 1.807) is 30.0 Å². The quantitative estimate of drug-likeness (QED) is 0.290. The maximum absolute atomic E-state index is 12.9. The minimum atomic E-state index is -0.571. The lowest BCUT2D eigenvalue weighted by Gasteiger charge is -2.21. The molecule has 2 saturated heterocycles. The molecule has 0 radical (unpaired) electrons. The Labute approximate surface area is 204 Å². The third-order valence-corrected chi connectivity index (χ3v) is 7.30. The van der Waals surface area contributed by atoms with Crippen LogP contribution in [0.15, 0.2) is 48.6 Å². The van der Waals surface area contributed by atoms with Crippen LogP contribution in [0, 0.1) is 38.5 Å². The summed E-state index contributed by atoms with van der Waals surface area (Å²) in [6, 6.07) is 10.8. The Bertz CT molecular complexity index is 1230. The van der Waals surface area contributed by atoms with Crippen molar-refractivity contribution in [2.24, 2.45) is 17.8 Å². The first kappa shape index (κ1) is 23.0. The van der Waals surface area contributed by atoms with E-state index in [0.717, 1.165) is 16.8 Å². The van der Waals surface area contributed by atoms with E-state index in [-0.39, 0.29) is 42.5 Å². The van der Waals surface area contributed by atoms with Crippen molar-refractivity contribution in [1.29, 1.82) is 0 Å². The summed E-state index contributed by atoms with van der Waals surface area (Å²) < 4.78 is 5.62. The molecule has 7 nitrogen and oxygen atoms in total. The summed E-state index contributed by atoms with van der Waals surface area (Å²) in [6.07, 6.45) is 5.18. The van der Waals surface area contributed by atoms with Crippen molar-refractivity contribution in [3.05, 3.63) is 65.2 Å². The molecule has 0 bridgehead atoms. The molecule has 0 spiro atoms. The van der Waals surface area contributed by atoms with Gasteiger partial charge in [0.25, 0.3) is 0 Å². The Morgan fingerprint density at radius 2 is 1.51 bits per heavy atom. The average Bonchev–Trinajstić information content (AvgIpc) is 3.32. The molecule has 3 aliphatic rings. The molecule has 0 saturated carbocycles. The normalized spacial score (nSPS) is 23.7. The second kappa shape index (κ2) is 8.80. The van der Waals surface area contributed by atoms with Crippen LogP contribution in [0.2, 0.25) is 0 Å². The predicted octanol–water partition coefficient (Wildman–Crippen LogP) is 4.03. The molecule has 2 aliphatic heterocycles. The van der Waals surface area contributed by atoms with Gasteiger partial charge in [-0.05, 0) is 68.5 Å². The fraction of sp³-hybridized carbons (Fsp3) is 0.357. The summed E-state index contributed by atoms with van der Waals surface area (Å²) in [7, 11) is 0. The van der Waals surface area contributed by atoms with Crippen LogP contribution in [-0.2, 0) is 19.2 Å². The largest absolute Gasteiger partial charge is 0.426 e. The van der Waals surface area contributed by atoms with Crippen LogP contribution in [0.5, 0.6) is 5.75 Å². The number of anilines is 2. The Balaban J connectivity index is 1.30. The van der Waals surface area contributed by atoms with Crippen LogP contribution in [0.1, 0.15) is 36.0 Å². The number of hydrogen-bond donors (Lipinski definition) is 0. The molecule has 3 atom stereocenters. The molecule has 0 unspecified atom stereocenters. The summed E-state index contributed by atoms with van der Waals surface area (Å²) in [5, 5.41) is 0. The van der Waals surface area contributed by atoms with E-state index in [0.29, 0.717) is 29.8 Å². The van der Waals surface area contributed by atoms with Gasteiger partial charge < -0.3 is 9.64 Å². The molecule has 2 aromatic rings. The van der Waals surface area contributed by atoms with Gasteiger partial charge in [-0.15, -0.1) is 0 Å². The maximum Gasteiger partial charge on any atom is 0.316 e. The number of rotatable bonds is 4. The second-order valence-electron chi connectivity index (χ2n) is 9.68. The highest BCUT2D eigenvalue weighted by molar-refractivity contribution is 6.22. The first-order valence-electron chi connectivity index (χ1n) is 12.0. The number of hydrogen-bond acceptors (Lipinski definition) is 5. The number of fused-ring (bicyclic) bond motifs is 1. The second-order valence-corrected chi connectivity index (χ2v) is 9.68. The summed E-state index contributed by atoms with van der Waals surface area (Å²) in [6.45, 7) is 5.96. The molecule has 35 heavy (non-hydrogen) atoms. The SMILES string of the molecule is Cc1cc(OC(=O)[C@@H]2CC(=O)N(c3c(C)cccc3C)C2)ccc1N1C(=O)[C@@H]2CC=CC[C@H]2C1=O. The summed E-state index contributed by atoms with van der Waals surface area (Å²) >= 11 is 0. The first-order valence-corrected chi connectivity index (χ1v) is 12.0. The molecule has 0 N–H and O–H groups in total. The average molecular weight is 473 g/mol. The number of carbonyl (C=O) groups is 4. The highest BCUT2D eigenvalue weighted by atomic mass is 16.5. The highest BCUT2D eigenvalue weighted by Gasteiger charge is 2.48. The van der Waals surface area contributed by atoms with Crippen molar-refractivity contribution in [2.75, 3.05) is 16.3 Å². The van der Waals surface area contributed by atoms with Gasteiger partial charge in [-0.3, -0.25) is 19.2 Å². The molecule has 2 aromatic carbocycles. The molecular weight excluding hydrogens is 444 g/mol. The molecule has 3 amide bonds. The van der Waals surface area contributed by atoms with Crippen molar-refractivity contribution in [3.63, 3.8) is 0 Å². The Morgan fingerprint density at radius 3 is 2.11 bits per heavy atom. The molecule has 5 rings (SSSR count). The van der Waals surface area contributed by atoms with Crippen LogP contribution in [-0.4, -0.2) is 30.2 Å². The predicted molar refractivity (Wildman–Crippen MR) is 131 cm³/mol. The number of esters is 1. The van der Waals surface area contributed by atoms with Crippen molar-refractivity contribution in [3.8, 4) is 5.75 Å². The molecule has 2 fully saturated rings. The summed E-state index contributed by atoms with van der Waals surface area (Å²) in [5.41, 5.74) is 4.01. The van der Waals surface area contributed by atoms with E-state index in [2.05, 4.69) is 0 Å². The number of benzene rings is 2. The number of amides is 3. The van der Waals surface area contributed by atoms with Crippen molar-refractivity contribution in [2.45, 2.75) is 40.0 Å². The summed E-state index contributed by atoms with van der Waals surface area (Å²) in [5.74, 6) is -1.76. The van der Waals surface area contributed by atoms with Crippen LogP contribution in [0.4, 0.5) is 11.4 Å². The number of imide groups is 1. The Hall–Kier alpha value is -3.74. The minimum absolute atomic E-state index is 0.0945. The van der Waals surface area contributed by atoms with Crippen molar-refractivity contribution < 1.29 is 23.9 Å². The van der Waals surface area contributed by atoms with Crippen molar-refractivity contribution in [1.82, 2.24) is 0 Å². The van der Waals surface area contributed by atoms with E-state index in [1.807, 2.05) is 44.2 Å². The lowest BCUT2D eigenvalue weighted by Crippen LogP contribution is -2.31. The van der Waals surface area contributed by atoms with Gasteiger partial charge in [0.2, 0.25) is 17.7 Å². The molecular formula is C28H28N2O5. The topological polar surface area (TPSA) is 84.0 Å². The third kappa shape index (κ3) is 3.95. The Morgan fingerprint density at radius 1 is 0.886 bits per heavy atom. The van der Waals surface area contributed by atoms with Gasteiger partial charge >= 0.3 is 5.97 Å². The molecule has 2 heterocycles. The van der Waals surface area contributed by atoms with Gasteiger partial charge in [0.1, 0.15) is 5.75 Å². The van der Waals surface area contributed by atoms with Crippen molar-refractivity contribution >= 4 is 35.1 Å². The van der Waals surface area contributed by atoms with Gasteiger partial charge in [0, 0.05) is 18.7 Å². The zero-order valence-corrected chi connectivity index (χ0v) is 20.1. The zero-order valence-electron chi connectivity index (χ0n) is 20.1. The molecule has 0 aromatic heterocycles. The fourth-order valence-electron chi connectivity index (χ4n) is 5.49. The number of allylic oxidation sites excluding steroid dienone is 2. The number of carbonyl (C=O) groups excluding carboxylic acids is 4. The van der Waals surface area contributed by atoms with E-state index in [9.17, 15) is 19.2 Å². The first-order chi connectivity index (χ1) is 16.8. The summed E-state index contributed by atoms with van der Waals surface area (Å²) in [4.78, 5) is 54.4. The standard InChI is InChI=1S/C28H28N2O5/c1-16-7-6-8-17(2)25(16)29-15-19(14-24(29)31)28(34)35-20-11-12-23(18(3)13-20)30-26(32)21-9-4-5-10-22(21)27(30)33/h4-8,11-13,19,21-22H,9-10,14-15H2,1-3H3/t19-,21-,22-/m1/s1. The van der Waals surface area contributed by atoms with Crippen LogP contribution in [0.3, 0.4) is 0 Å². The fourth-order valence-corrected chi connectivity index (χ4v) is 5.49. The van der Waals surface area contributed by atoms with Gasteiger partial charge in [-0.1, -0.05) is 30.4 Å². The van der Waals surface area contributed by atoms with Crippen LogP contribution >= 0.6 is 0 Å². The van der Waals surface area contributed by atoms with Gasteiger partial charge in [-0.2, -0.15) is 0 Å². The van der Waals surface area contributed by atoms with Crippen LogP contribution in [0.25, 0.3) is 0 Å².